The Balaban J connectivity index is 1.63. The highest BCUT2D eigenvalue weighted by molar-refractivity contribution is 7.89. The molecule has 1 saturated heterocycles. The number of rotatable bonds is 4. The lowest BCUT2D eigenvalue weighted by atomic mass is 9.99. The van der Waals surface area contributed by atoms with Crippen LogP contribution >= 0.6 is 0 Å². The van der Waals surface area contributed by atoms with E-state index in [0.29, 0.717) is 18.9 Å². The van der Waals surface area contributed by atoms with Crippen LogP contribution in [0.4, 0.5) is 0 Å². The Morgan fingerprint density at radius 3 is 2.73 bits per heavy atom. The van der Waals surface area contributed by atoms with E-state index >= 15 is 0 Å². The Labute approximate surface area is 152 Å². The number of aromatic nitrogens is 4. The van der Waals surface area contributed by atoms with Crippen molar-refractivity contribution in [2.24, 2.45) is 0 Å². The third-order valence-electron chi connectivity index (χ3n) is 4.87. The molecule has 0 saturated carbocycles. The lowest BCUT2D eigenvalue weighted by Gasteiger charge is -2.30. The molecule has 0 unspecified atom stereocenters. The predicted octanol–water partition coefficient (Wildman–Crippen LogP) is 2.32. The molecule has 0 amide bonds. The molecule has 0 aliphatic carbocycles. The molecular weight excluding hydrogens is 350 g/mol. The van der Waals surface area contributed by atoms with Gasteiger partial charge in [-0.3, -0.25) is 4.98 Å². The van der Waals surface area contributed by atoms with Crippen molar-refractivity contribution < 1.29 is 8.42 Å². The quantitative estimate of drug-likeness (QED) is 0.703. The van der Waals surface area contributed by atoms with Crippen molar-refractivity contribution >= 4 is 15.7 Å². The first-order chi connectivity index (χ1) is 12.6. The third kappa shape index (κ3) is 3.22. The van der Waals surface area contributed by atoms with Crippen molar-refractivity contribution in [2.75, 3.05) is 18.8 Å². The van der Waals surface area contributed by atoms with Crippen molar-refractivity contribution in [3.05, 3.63) is 48.7 Å². The maximum Gasteiger partial charge on any atom is 0.213 e. The number of nitrogens with zero attached hydrogens (tertiary/aromatic N) is 5. The van der Waals surface area contributed by atoms with Gasteiger partial charge in [-0.25, -0.2) is 22.2 Å². The van der Waals surface area contributed by atoms with Crippen LogP contribution in [0.3, 0.4) is 0 Å². The van der Waals surface area contributed by atoms with Gasteiger partial charge in [-0.1, -0.05) is 0 Å². The Bertz CT molecular complexity index is 1020. The zero-order valence-corrected chi connectivity index (χ0v) is 15.4. The topological polar surface area (TPSA) is 80.5 Å². The molecule has 0 aromatic carbocycles. The summed E-state index contributed by atoms with van der Waals surface area (Å²) in [7, 11) is -3.17. The van der Waals surface area contributed by atoms with Gasteiger partial charge in [0.15, 0.2) is 11.5 Å². The zero-order valence-electron chi connectivity index (χ0n) is 14.6. The molecule has 1 atom stereocenters. The largest absolute Gasteiger partial charge is 0.265 e. The van der Waals surface area contributed by atoms with E-state index in [4.69, 9.17) is 0 Å². The van der Waals surface area contributed by atoms with E-state index in [1.54, 1.807) is 28.1 Å². The van der Waals surface area contributed by atoms with Gasteiger partial charge in [0.1, 0.15) is 0 Å². The van der Waals surface area contributed by atoms with Crippen molar-refractivity contribution in [3.63, 3.8) is 0 Å². The molecule has 3 aromatic heterocycles. The molecule has 1 aliphatic heterocycles. The molecule has 0 bridgehead atoms. The second-order valence-electron chi connectivity index (χ2n) is 6.52. The summed E-state index contributed by atoms with van der Waals surface area (Å²) in [5.41, 5.74) is 2.88. The first-order valence-corrected chi connectivity index (χ1v) is 10.4. The number of sulfonamides is 1. The third-order valence-corrected chi connectivity index (χ3v) is 6.72. The van der Waals surface area contributed by atoms with Crippen molar-refractivity contribution in [2.45, 2.75) is 25.7 Å². The SMILES string of the molecule is CCS(=O)(=O)N1CCC[C@H](c2nc3ccc(-c4ccncc4)cn3n2)C1. The first kappa shape index (κ1) is 17.1. The molecule has 4 rings (SSSR count). The van der Waals surface area contributed by atoms with Crippen LogP contribution in [0, 0.1) is 0 Å². The summed E-state index contributed by atoms with van der Waals surface area (Å²) in [6.45, 7) is 2.74. The van der Waals surface area contributed by atoms with Gasteiger partial charge in [-0.05, 0) is 49.6 Å². The van der Waals surface area contributed by atoms with E-state index < -0.39 is 10.0 Å². The van der Waals surface area contributed by atoms with Gasteiger partial charge >= 0.3 is 0 Å². The lowest BCUT2D eigenvalue weighted by Crippen LogP contribution is -2.40. The fourth-order valence-corrected chi connectivity index (χ4v) is 4.56. The molecule has 1 fully saturated rings. The van der Waals surface area contributed by atoms with Crippen LogP contribution in [0.2, 0.25) is 0 Å². The molecular formula is C18H21N5O2S. The summed E-state index contributed by atoms with van der Waals surface area (Å²) < 4.78 is 27.7. The monoisotopic (exact) mass is 371 g/mol. The van der Waals surface area contributed by atoms with Gasteiger partial charge in [0.25, 0.3) is 0 Å². The average molecular weight is 371 g/mol. The maximum absolute atomic E-state index is 12.2. The van der Waals surface area contributed by atoms with Gasteiger partial charge in [-0.15, -0.1) is 0 Å². The minimum absolute atomic E-state index is 0.0364. The lowest BCUT2D eigenvalue weighted by molar-refractivity contribution is 0.309. The van der Waals surface area contributed by atoms with Crippen molar-refractivity contribution in [3.8, 4) is 11.1 Å². The van der Waals surface area contributed by atoms with Gasteiger partial charge < -0.3 is 0 Å². The molecule has 0 N–H and O–H groups in total. The summed E-state index contributed by atoms with van der Waals surface area (Å²) in [6.07, 6.45) is 7.21. The van der Waals surface area contributed by atoms with Crippen LogP contribution in [0.15, 0.2) is 42.9 Å². The van der Waals surface area contributed by atoms with Crippen LogP contribution in [-0.4, -0.2) is 51.1 Å². The Hall–Kier alpha value is -2.32. The smallest absolute Gasteiger partial charge is 0.213 e. The highest BCUT2D eigenvalue weighted by Crippen LogP contribution is 2.27. The average Bonchev–Trinajstić information content (AvgIpc) is 3.12. The van der Waals surface area contributed by atoms with E-state index in [1.807, 2.05) is 30.5 Å². The number of pyridine rings is 2. The Morgan fingerprint density at radius 2 is 1.96 bits per heavy atom. The fourth-order valence-electron chi connectivity index (χ4n) is 3.38. The van der Waals surface area contributed by atoms with Crippen LogP contribution in [0.5, 0.6) is 0 Å². The summed E-state index contributed by atoms with van der Waals surface area (Å²) >= 11 is 0. The van der Waals surface area contributed by atoms with Crippen molar-refractivity contribution in [1.82, 2.24) is 23.9 Å². The highest BCUT2D eigenvalue weighted by Gasteiger charge is 2.30. The van der Waals surface area contributed by atoms with E-state index in [0.717, 1.165) is 29.6 Å². The number of hydrogen-bond donors (Lipinski definition) is 0. The minimum Gasteiger partial charge on any atom is -0.265 e. The number of piperidine rings is 1. The van der Waals surface area contributed by atoms with Crippen LogP contribution < -0.4 is 0 Å². The standard InChI is InChI=1S/C18H21N5O2S/c1-2-26(24,25)22-11-3-4-16(12-22)18-20-17-6-5-15(13-23(17)21-18)14-7-9-19-10-8-14/h5-10,13,16H,2-4,11-12H2,1H3/t16-/m0/s1. The van der Waals surface area contributed by atoms with E-state index in [9.17, 15) is 8.42 Å². The molecule has 26 heavy (non-hydrogen) atoms. The van der Waals surface area contributed by atoms with Gasteiger partial charge in [-0.2, -0.15) is 5.10 Å². The van der Waals surface area contributed by atoms with Crippen LogP contribution in [0.25, 0.3) is 16.8 Å². The molecule has 7 nitrogen and oxygen atoms in total. The molecule has 1 aliphatic rings. The zero-order chi connectivity index (χ0) is 18.1. The molecule has 136 valence electrons. The summed E-state index contributed by atoms with van der Waals surface area (Å²) in [6, 6.07) is 7.86. The summed E-state index contributed by atoms with van der Waals surface area (Å²) in [5.74, 6) is 0.885. The first-order valence-electron chi connectivity index (χ1n) is 8.81. The number of fused-ring (bicyclic) bond motifs is 1. The fraction of sp³-hybridized carbons (Fsp3) is 0.389. The van der Waals surface area contributed by atoms with E-state index in [1.165, 1.54) is 0 Å². The number of hydrogen-bond acceptors (Lipinski definition) is 5. The normalized spacial score (nSPS) is 19.0. The maximum atomic E-state index is 12.2. The Morgan fingerprint density at radius 1 is 1.15 bits per heavy atom. The highest BCUT2D eigenvalue weighted by atomic mass is 32.2. The predicted molar refractivity (Wildman–Crippen MR) is 99.2 cm³/mol. The van der Waals surface area contributed by atoms with Crippen molar-refractivity contribution in [1.29, 1.82) is 0 Å². The van der Waals surface area contributed by atoms with Gasteiger partial charge in [0.2, 0.25) is 10.0 Å². The second-order valence-corrected chi connectivity index (χ2v) is 8.78. The van der Waals surface area contributed by atoms with Gasteiger partial charge in [0, 0.05) is 43.2 Å². The van der Waals surface area contributed by atoms with Crippen LogP contribution in [0.1, 0.15) is 31.5 Å². The van der Waals surface area contributed by atoms with Crippen LogP contribution in [-0.2, 0) is 10.0 Å². The van der Waals surface area contributed by atoms with Gasteiger partial charge in [0.05, 0.1) is 5.75 Å². The Kier molecular flexibility index (Phi) is 4.46. The molecule has 0 radical (unpaired) electrons. The minimum atomic E-state index is -3.17. The molecule has 0 spiro atoms. The second kappa shape index (κ2) is 6.77. The molecule has 4 heterocycles. The van der Waals surface area contributed by atoms with E-state index in [2.05, 4.69) is 15.1 Å². The van der Waals surface area contributed by atoms with E-state index in [-0.39, 0.29) is 11.7 Å². The summed E-state index contributed by atoms with van der Waals surface area (Å²) in [4.78, 5) is 8.68. The summed E-state index contributed by atoms with van der Waals surface area (Å²) in [5, 5.41) is 4.63. The molecule has 3 aromatic rings. The molecule has 8 heteroatoms.